The number of hydrogen-bond donors (Lipinski definition) is 1. The summed E-state index contributed by atoms with van der Waals surface area (Å²) in [6.07, 6.45) is 3.01. The molecule has 1 atom stereocenters. The lowest BCUT2D eigenvalue weighted by Gasteiger charge is -2.15. The van der Waals surface area contributed by atoms with E-state index in [0.29, 0.717) is 0 Å². The summed E-state index contributed by atoms with van der Waals surface area (Å²) < 4.78 is 6.79. The van der Waals surface area contributed by atoms with Gasteiger partial charge in [-0.2, -0.15) is 0 Å². The molecule has 1 aromatic heterocycles. The van der Waals surface area contributed by atoms with Gasteiger partial charge in [0.25, 0.3) is 0 Å². The van der Waals surface area contributed by atoms with Gasteiger partial charge in [-0.1, -0.05) is 0 Å². The molecule has 0 aromatic carbocycles. The standard InChI is InChI=1S/C11H15IN2O2/c12-11-2-1-9(7-13-11)16-10-3-4-14(8-10)5-6-15/h1-2,7,10,15H,3-6,8H2/t10-/m1/s1. The van der Waals surface area contributed by atoms with Crippen LogP contribution in [0.1, 0.15) is 6.42 Å². The second-order valence-corrected chi connectivity index (χ2v) is 4.97. The van der Waals surface area contributed by atoms with Gasteiger partial charge in [-0.25, -0.2) is 4.98 Å². The van der Waals surface area contributed by atoms with E-state index in [1.807, 2.05) is 12.1 Å². The Labute approximate surface area is 109 Å². The number of rotatable bonds is 4. The lowest BCUT2D eigenvalue weighted by molar-refractivity contribution is 0.180. The van der Waals surface area contributed by atoms with E-state index < -0.39 is 0 Å². The molecule has 0 spiro atoms. The second kappa shape index (κ2) is 5.79. The zero-order valence-electron chi connectivity index (χ0n) is 8.97. The SMILES string of the molecule is OCCN1CC[C@@H](Oc2ccc(I)nc2)C1. The van der Waals surface area contributed by atoms with Crippen LogP contribution in [0.2, 0.25) is 0 Å². The van der Waals surface area contributed by atoms with E-state index in [2.05, 4.69) is 32.5 Å². The third-order valence-corrected chi connectivity index (χ3v) is 3.29. The summed E-state index contributed by atoms with van der Waals surface area (Å²) in [5.41, 5.74) is 0. The van der Waals surface area contributed by atoms with Crippen molar-refractivity contribution in [2.24, 2.45) is 0 Å². The smallest absolute Gasteiger partial charge is 0.138 e. The number of pyridine rings is 1. The molecule has 1 N–H and O–H groups in total. The van der Waals surface area contributed by atoms with Crippen molar-refractivity contribution in [3.63, 3.8) is 0 Å². The van der Waals surface area contributed by atoms with Gasteiger partial charge in [-0.05, 0) is 41.1 Å². The van der Waals surface area contributed by atoms with Crippen molar-refractivity contribution >= 4 is 22.6 Å². The molecule has 1 saturated heterocycles. The number of nitrogens with zero attached hydrogens (tertiary/aromatic N) is 2. The van der Waals surface area contributed by atoms with Crippen molar-refractivity contribution in [3.8, 4) is 5.75 Å². The number of aliphatic hydroxyl groups excluding tert-OH is 1. The van der Waals surface area contributed by atoms with E-state index in [0.717, 1.165) is 35.5 Å². The summed E-state index contributed by atoms with van der Waals surface area (Å²) in [5, 5.41) is 8.84. The molecule has 5 heteroatoms. The van der Waals surface area contributed by atoms with Crippen LogP contribution in [0.5, 0.6) is 5.75 Å². The summed E-state index contributed by atoms with van der Waals surface area (Å²) in [5.74, 6) is 0.830. The van der Waals surface area contributed by atoms with Gasteiger partial charge in [0.15, 0.2) is 0 Å². The first-order valence-corrected chi connectivity index (χ1v) is 6.47. The van der Waals surface area contributed by atoms with Crippen molar-refractivity contribution in [3.05, 3.63) is 22.0 Å². The van der Waals surface area contributed by atoms with Crippen LogP contribution >= 0.6 is 22.6 Å². The van der Waals surface area contributed by atoms with Gasteiger partial charge in [0.05, 0.1) is 12.8 Å². The van der Waals surface area contributed by atoms with Gasteiger partial charge in [0, 0.05) is 19.6 Å². The maximum atomic E-state index is 8.84. The molecule has 16 heavy (non-hydrogen) atoms. The van der Waals surface area contributed by atoms with Gasteiger partial charge in [-0.15, -0.1) is 0 Å². The number of aliphatic hydroxyl groups is 1. The first-order chi connectivity index (χ1) is 7.78. The molecule has 1 aromatic rings. The molecular formula is C11H15IN2O2. The number of halogens is 1. The summed E-state index contributed by atoms with van der Waals surface area (Å²) in [4.78, 5) is 6.40. The van der Waals surface area contributed by atoms with E-state index in [4.69, 9.17) is 9.84 Å². The highest BCUT2D eigenvalue weighted by atomic mass is 127. The molecule has 0 radical (unpaired) electrons. The van der Waals surface area contributed by atoms with Crippen molar-refractivity contribution in [2.75, 3.05) is 26.2 Å². The van der Waals surface area contributed by atoms with Crippen LogP contribution in [0.25, 0.3) is 0 Å². The number of likely N-dealkylation sites (tertiary alicyclic amines) is 1. The quantitative estimate of drug-likeness (QED) is 0.662. The molecule has 0 aliphatic carbocycles. The molecule has 2 heterocycles. The molecule has 0 unspecified atom stereocenters. The highest BCUT2D eigenvalue weighted by Crippen LogP contribution is 2.17. The Hall–Kier alpha value is -0.400. The van der Waals surface area contributed by atoms with Crippen LogP contribution in [0.15, 0.2) is 18.3 Å². The van der Waals surface area contributed by atoms with E-state index in [1.54, 1.807) is 6.20 Å². The minimum Gasteiger partial charge on any atom is -0.487 e. The van der Waals surface area contributed by atoms with Crippen LogP contribution in [0, 0.1) is 3.70 Å². The van der Waals surface area contributed by atoms with E-state index in [1.165, 1.54) is 0 Å². The number of aromatic nitrogens is 1. The normalized spacial score (nSPS) is 21.2. The maximum absolute atomic E-state index is 8.84. The van der Waals surface area contributed by atoms with Crippen LogP contribution in [-0.2, 0) is 0 Å². The maximum Gasteiger partial charge on any atom is 0.138 e. The molecule has 4 nitrogen and oxygen atoms in total. The summed E-state index contributed by atoms with van der Waals surface area (Å²) in [7, 11) is 0. The summed E-state index contributed by atoms with van der Waals surface area (Å²) in [6.45, 7) is 2.86. The predicted molar refractivity (Wildman–Crippen MR) is 69.5 cm³/mol. The molecular weight excluding hydrogens is 319 g/mol. The highest BCUT2D eigenvalue weighted by molar-refractivity contribution is 14.1. The van der Waals surface area contributed by atoms with Gasteiger partial charge < -0.3 is 9.84 Å². The number of hydrogen-bond acceptors (Lipinski definition) is 4. The van der Waals surface area contributed by atoms with Crippen molar-refractivity contribution < 1.29 is 9.84 Å². The summed E-state index contributed by atoms with van der Waals surface area (Å²) >= 11 is 2.17. The van der Waals surface area contributed by atoms with E-state index in [9.17, 15) is 0 Å². The number of ether oxygens (including phenoxy) is 1. The highest BCUT2D eigenvalue weighted by Gasteiger charge is 2.23. The third kappa shape index (κ3) is 3.29. The van der Waals surface area contributed by atoms with Crippen molar-refractivity contribution in [2.45, 2.75) is 12.5 Å². The monoisotopic (exact) mass is 334 g/mol. The van der Waals surface area contributed by atoms with Gasteiger partial charge in [0.2, 0.25) is 0 Å². The Kier molecular flexibility index (Phi) is 4.37. The Morgan fingerprint density at radius 2 is 2.44 bits per heavy atom. The molecule has 0 bridgehead atoms. The molecule has 1 aliphatic rings. The van der Waals surface area contributed by atoms with Gasteiger partial charge in [-0.3, -0.25) is 4.90 Å². The minimum atomic E-state index is 0.220. The Morgan fingerprint density at radius 1 is 1.56 bits per heavy atom. The molecule has 2 rings (SSSR count). The van der Waals surface area contributed by atoms with Gasteiger partial charge >= 0.3 is 0 Å². The first-order valence-electron chi connectivity index (χ1n) is 5.39. The van der Waals surface area contributed by atoms with Crippen LogP contribution in [-0.4, -0.2) is 47.3 Å². The third-order valence-electron chi connectivity index (χ3n) is 2.65. The zero-order valence-corrected chi connectivity index (χ0v) is 11.1. The van der Waals surface area contributed by atoms with Crippen LogP contribution < -0.4 is 4.74 Å². The molecule has 88 valence electrons. The van der Waals surface area contributed by atoms with E-state index >= 15 is 0 Å². The van der Waals surface area contributed by atoms with Crippen LogP contribution in [0.4, 0.5) is 0 Å². The van der Waals surface area contributed by atoms with Crippen molar-refractivity contribution in [1.82, 2.24) is 9.88 Å². The average molecular weight is 334 g/mol. The molecule has 1 fully saturated rings. The average Bonchev–Trinajstić information content (AvgIpc) is 2.70. The number of β-amino-alcohol motifs (C(OH)–C–C–N with tert-alkyl or cyclic N) is 1. The molecule has 1 aliphatic heterocycles. The van der Waals surface area contributed by atoms with Crippen LogP contribution in [0.3, 0.4) is 0 Å². The fraction of sp³-hybridized carbons (Fsp3) is 0.545. The Balaban J connectivity index is 1.84. The Bertz CT molecular complexity index is 331. The fourth-order valence-electron chi connectivity index (χ4n) is 1.86. The Morgan fingerprint density at radius 3 is 3.12 bits per heavy atom. The minimum absolute atomic E-state index is 0.220. The molecule has 0 saturated carbocycles. The zero-order chi connectivity index (χ0) is 11.4. The fourth-order valence-corrected chi connectivity index (χ4v) is 2.18. The summed E-state index contributed by atoms with van der Waals surface area (Å²) in [6, 6.07) is 3.89. The predicted octanol–water partition coefficient (Wildman–Crippen LogP) is 1.13. The second-order valence-electron chi connectivity index (χ2n) is 3.87. The van der Waals surface area contributed by atoms with E-state index in [-0.39, 0.29) is 12.7 Å². The van der Waals surface area contributed by atoms with Gasteiger partial charge in [0.1, 0.15) is 15.6 Å². The first kappa shape index (κ1) is 12.1. The lowest BCUT2D eigenvalue weighted by atomic mass is 10.3. The van der Waals surface area contributed by atoms with Crippen molar-refractivity contribution in [1.29, 1.82) is 0 Å². The largest absolute Gasteiger partial charge is 0.487 e. The molecule has 0 amide bonds. The topological polar surface area (TPSA) is 45.6 Å². The lowest BCUT2D eigenvalue weighted by Crippen LogP contribution is -2.27.